The van der Waals surface area contributed by atoms with E-state index in [2.05, 4.69) is 10.4 Å². The van der Waals surface area contributed by atoms with Gasteiger partial charge in [-0.1, -0.05) is 48.5 Å². The fraction of sp³-hybridized carbons (Fsp3) is 0.0833. The molecule has 6 heteroatoms. The number of nitrogens with zero attached hydrogens (tertiary/aromatic N) is 2. The molecule has 0 spiro atoms. The van der Waals surface area contributed by atoms with Gasteiger partial charge in [0.25, 0.3) is 5.91 Å². The molecular formula is C24H20FN3O2. The standard InChI is InChI=1S/C24H20FN3O2/c1-30-19-11-7-10-18(14-19)24(29)28-23(26-16-17-8-3-2-4-9-17)15-22(27-28)20-12-5-6-13-21(20)25/h2-15,26H,16H2,1H3. The molecule has 0 aliphatic rings. The van der Waals surface area contributed by atoms with Crippen LogP contribution in [0.25, 0.3) is 11.3 Å². The van der Waals surface area contributed by atoms with Crippen molar-refractivity contribution in [1.29, 1.82) is 0 Å². The number of nitrogens with one attached hydrogen (secondary N) is 1. The maximum atomic E-state index is 14.3. The van der Waals surface area contributed by atoms with E-state index in [1.165, 1.54) is 10.7 Å². The highest BCUT2D eigenvalue weighted by atomic mass is 19.1. The molecule has 0 atom stereocenters. The maximum Gasteiger partial charge on any atom is 0.280 e. The maximum absolute atomic E-state index is 14.3. The second-order valence-electron chi connectivity index (χ2n) is 6.68. The molecule has 0 aliphatic carbocycles. The number of rotatable bonds is 6. The molecule has 30 heavy (non-hydrogen) atoms. The zero-order valence-electron chi connectivity index (χ0n) is 16.4. The predicted octanol–water partition coefficient (Wildman–Crippen LogP) is 5.00. The van der Waals surface area contributed by atoms with Gasteiger partial charge in [-0.15, -0.1) is 0 Å². The molecule has 0 fully saturated rings. The summed E-state index contributed by atoms with van der Waals surface area (Å²) in [6, 6.07) is 24.7. The number of carbonyl (C=O) groups excluding carboxylic acids is 1. The third kappa shape index (κ3) is 4.07. The Morgan fingerprint density at radius 2 is 1.77 bits per heavy atom. The highest BCUT2D eigenvalue weighted by Crippen LogP contribution is 2.26. The number of carbonyl (C=O) groups is 1. The van der Waals surface area contributed by atoms with E-state index in [9.17, 15) is 9.18 Å². The van der Waals surface area contributed by atoms with E-state index in [-0.39, 0.29) is 5.91 Å². The third-order valence-electron chi connectivity index (χ3n) is 4.68. The first-order valence-electron chi connectivity index (χ1n) is 9.47. The topological polar surface area (TPSA) is 56.2 Å². The van der Waals surface area contributed by atoms with Gasteiger partial charge in [0.1, 0.15) is 17.4 Å². The lowest BCUT2D eigenvalue weighted by Gasteiger charge is -2.09. The van der Waals surface area contributed by atoms with E-state index in [0.29, 0.717) is 34.9 Å². The van der Waals surface area contributed by atoms with Gasteiger partial charge in [0.05, 0.1) is 12.8 Å². The minimum atomic E-state index is -0.398. The quantitative estimate of drug-likeness (QED) is 0.494. The van der Waals surface area contributed by atoms with Crippen molar-refractivity contribution in [2.24, 2.45) is 0 Å². The molecule has 1 aromatic heterocycles. The van der Waals surface area contributed by atoms with Crippen LogP contribution in [-0.4, -0.2) is 22.8 Å². The van der Waals surface area contributed by atoms with Crippen molar-refractivity contribution in [1.82, 2.24) is 9.78 Å². The number of ether oxygens (including phenoxy) is 1. The Balaban J connectivity index is 1.72. The average Bonchev–Trinajstić information content (AvgIpc) is 3.22. The molecule has 1 heterocycles. The Morgan fingerprint density at radius 1 is 1.00 bits per heavy atom. The van der Waals surface area contributed by atoms with E-state index in [0.717, 1.165) is 5.56 Å². The van der Waals surface area contributed by atoms with E-state index in [4.69, 9.17) is 4.74 Å². The van der Waals surface area contributed by atoms with Crippen LogP contribution in [0.4, 0.5) is 10.2 Å². The van der Waals surface area contributed by atoms with Crippen LogP contribution in [0, 0.1) is 5.82 Å². The highest BCUT2D eigenvalue weighted by molar-refractivity contribution is 5.98. The molecule has 0 bridgehead atoms. The lowest BCUT2D eigenvalue weighted by Crippen LogP contribution is -2.17. The van der Waals surface area contributed by atoms with Crippen LogP contribution >= 0.6 is 0 Å². The van der Waals surface area contributed by atoms with Crippen molar-refractivity contribution in [2.45, 2.75) is 6.54 Å². The highest BCUT2D eigenvalue weighted by Gasteiger charge is 2.19. The molecule has 0 radical (unpaired) electrons. The number of hydrogen-bond donors (Lipinski definition) is 1. The van der Waals surface area contributed by atoms with Crippen LogP contribution < -0.4 is 10.1 Å². The van der Waals surface area contributed by atoms with Crippen molar-refractivity contribution in [3.8, 4) is 17.0 Å². The van der Waals surface area contributed by atoms with Crippen molar-refractivity contribution >= 4 is 11.7 Å². The van der Waals surface area contributed by atoms with Crippen LogP contribution in [0.3, 0.4) is 0 Å². The van der Waals surface area contributed by atoms with Gasteiger partial charge < -0.3 is 10.1 Å². The van der Waals surface area contributed by atoms with Crippen molar-refractivity contribution in [3.63, 3.8) is 0 Å². The van der Waals surface area contributed by atoms with Gasteiger partial charge in [-0.2, -0.15) is 9.78 Å². The van der Waals surface area contributed by atoms with Gasteiger partial charge in [-0.3, -0.25) is 4.79 Å². The number of anilines is 1. The summed E-state index contributed by atoms with van der Waals surface area (Å²) in [5.74, 6) is 0.309. The number of methoxy groups -OCH3 is 1. The third-order valence-corrected chi connectivity index (χ3v) is 4.68. The number of hydrogen-bond acceptors (Lipinski definition) is 4. The number of aromatic nitrogens is 2. The van der Waals surface area contributed by atoms with E-state index in [1.54, 1.807) is 55.6 Å². The number of benzene rings is 3. The first-order chi connectivity index (χ1) is 14.7. The van der Waals surface area contributed by atoms with Crippen LogP contribution in [0.1, 0.15) is 15.9 Å². The summed E-state index contributed by atoms with van der Waals surface area (Å²) < 4.78 is 20.8. The van der Waals surface area contributed by atoms with Crippen molar-refractivity contribution in [3.05, 3.63) is 102 Å². The Labute approximate surface area is 173 Å². The minimum absolute atomic E-state index is 0.331. The second kappa shape index (κ2) is 8.61. The SMILES string of the molecule is COc1cccc(C(=O)n2nc(-c3ccccc3F)cc2NCc2ccccc2)c1. The first kappa shape index (κ1) is 19.4. The minimum Gasteiger partial charge on any atom is -0.497 e. The lowest BCUT2D eigenvalue weighted by atomic mass is 10.1. The van der Waals surface area contributed by atoms with Crippen LogP contribution in [-0.2, 0) is 6.54 Å². The fourth-order valence-corrected chi connectivity index (χ4v) is 3.13. The predicted molar refractivity (Wildman–Crippen MR) is 114 cm³/mol. The Bertz CT molecular complexity index is 1170. The van der Waals surface area contributed by atoms with E-state index in [1.807, 2.05) is 30.3 Å². The summed E-state index contributed by atoms with van der Waals surface area (Å²) in [7, 11) is 1.54. The first-order valence-corrected chi connectivity index (χ1v) is 9.47. The second-order valence-corrected chi connectivity index (χ2v) is 6.68. The van der Waals surface area contributed by atoms with Gasteiger partial charge >= 0.3 is 0 Å². The van der Waals surface area contributed by atoms with Crippen LogP contribution in [0.15, 0.2) is 84.9 Å². The van der Waals surface area contributed by atoms with Crippen LogP contribution in [0.5, 0.6) is 5.75 Å². The number of halogens is 1. The molecule has 1 N–H and O–H groups in total. The molecule has 4 rings (SSSR count). The summed E-state index contributed by atoms with van der Waals surface area (Å²) in [6.07, 6.45) is 0. The fourth-order valence-electron chi connectivity index (χ4n) is 3.13. The molecule has 5 nitrogen and oxygen atoms in total. The van der Waals surface area contributed by atoms with Crippen molar-refractivity contribution < 1.29 is 13.9 Å². The van der Waals surface area contributed by atoms with Crippen LogP contribution in [0.2, 0.25) is 0 Å². The zero-order valence-corrected chi connectivity index (χ0v) is 16.4. The molecule has 0 unspecified atom stereocenters. The Morgan fingerprint density at radius 3 is 2.53 bits per heavy atom. The van der Waals surface area contributed by atoms with E-state index < -0.39 is 5.82 Å². The molecule has 3 aromatic carbocycles. The molecule has 150 valence electrons. The molecule has 0 saturated carbocycles. The summed E-state index contributed by atoms with van der Waals surface area (Å²) >= 11 is 0. The molecule has 0 amide bonds. The monoisotopic (exact) mass is 401 g/mol. The average molecular weight is 401 g/mol. The molecule has 0 saturated heterocycles. The molecule has 0 aliphatic heterocycles. The van der Waals surface area contributed by atoms with E-state index >= 15 is 0 Å². The smallest absolute Gasteiger partial charge is 0.280 e. The van der Waals surface area contributed by atoms with Gasteiger partial charge in [0, 0.05) is 23.7 Å². The summed E-state index contributed by atoms with van der Waals surface area (Å²) in [6.45, 7) is 0.495. The Hall–Kier alpha value is -3.93. The Kier molecular flexibility index (Phi) is 5.57. The van der Waals surface area contributed by atoms with Gasteiger partial charge in [0.15, 0.2) is 0 Å². The van der Waals surface area contributed by atoms with Crippen molar-refractivity contribution in [2.75, 3.05) is 12.4 Å². The largest absolute Gasteiger partial charge is 0.497 e. The zero-order chi connectivity index (χ0) is 20.9. The molecular weight excluding hydrogens is 381 g/mol. The lowest BCUT2D eigenvalue weighted by molar-refractivity contribution is 0.0947. The summed E-state index contributed by atoms with van der Waals surface area (Å²) in [5, 5.41) is 7.65. The van der Waals surface area contributed by atoms with Gasteiger partial charge in [0.2, 0.25) is 0 Å². The normalized spacial score (nSPS) is 10.6. The summed E-state index contributed by atoms with van der Waals surface area (Å²) in [5.41, 5.74) is 2.17. The molecule has 4 aromatic rings. The van der Waals surface area contributed by atoms with Gasteiger partial charge in [-0.25, -0.2) is 4.39 Å². The van der Waals surface area contributed by atoms with Gasteiger partial charge in [-0.05, 0) is 35.9 Å². The summed E-state index contributed by atoms with van der Waals surface area (Å²) in [4.78, 5) is 13.2.